The van der Waals surface area contributed by atoms with E-state index in [0.717, 1.165) is 35.4 Å². The molecule has 1 aliphatic heterocycles. The maximum absolute atomic E-state index is 9.78. The summed E-state index contributed by atoms with van der Waals surface area (Å²) in [6.07, 6.45) is 4.31. The molecule has 0 bridgehead atoms. The molecule has 0 spiro atoms. The molecule has 0 aliphatic carbocycles. The van der Waals surface area contributed by atoms with Crippen LogP contribution in [0.4, 0.5) is 5.95 Å². The molecule has 3 aromatic rings. The molecular weight excluding hydrogens is 378 g/mol. The van der Waals surface area contributed by atoms with Crippen LogP contribution in [0.1, 0.15) is 30.4 Å². The number of hydrogen-bond acceptors (Lipinski definition) is 5. The standard InChI is InChI=1S/C23H25N5S/c1-18-10-12-19(13-11-18)16-21(17-24)29-23-26-25-22(27-14-6-3-7-15-27)28(23)20-8-4-2-5-9-20/h2,4-5,8-13,21H,3,6-7,14-16H2,1H3. The molecule has 1 fully saturated rings. The zero-order valence-corrected chi connectivity index (χ0v) is 17.5. The summed E-state index contributed by atoms with van der Waals surface area (Å²) in [4.78, 5) is 2.31. The minimum atomic E-state index is -0.224. The van der Waals surface area contributed by atoms with Gasteiger partial charge in [-0.3, -0.25) is 4.57 Å². The molecule has 4 rings (SSSR count). The minimum Gasteiger partial charge on any atom is -0.341 e. The largest absolute Gasteiger partial charge is 0.341 e. The molecular formula is C23H25N5S. The first-order chi connectivity index (χ1) is 14.2. The van der Waals surface area contributed by atoms with Crippen LogP contribution >= 0.6 is 11.8 Å². The monoisotopic (exact) mass is 403 g/mol. The highest BCUT2D eigenvalue weighted by Gasteiger charge is 2.23. The second-order valence-electron chi connectivity index (χ2n) is 7.43. The lowest BCUT2D eigenvalue weighted by Gasteiger charge is -2.27. The van der Waals surface area contributed by atoms with Crippen LogP contribution in [0, 0.1) is 18.3 Å². The molecule has 148 valence electrons. The third-order valence-corrected chi connectivity index (χ3v) is 6.23. The number of benzene rings is 2. The van der Waals surface area contributed by atoms with Crippen LogP contribution in [0.25, 0.3) is 5.69 Å². The normalized spacial score (nSPS) is 15.1. The van der Waals surface area contributed by atoms with Crippen LogP contribution in [0.3, 0.4) is 0 Å². The average molecular weight is 404 g/mol. The number of anilines is 1. The Balaban J connectivity index is 1.63. The number of piperidine rings is 1. The van der Waals surface area contributed by atoms with Gasteiger partial charge in [0.05, 0.1) is 11.8 Å². The Kier molecular flexibility index (Phi) is 6.16. The third kappa shape index (κ3) is 4.63. The van der Waals surface area contributed by atoms with Crippen molar-refractivity contribution in [3.63, 3.8) is 0 Å². The first-order valence-electron chi connectivity index (χ1n) is 10.1. The molecule has 0 saturated carbocycles. The molecule has 1 aliphatic rings. The van der Waals surface area contributed by atoms with E-state index in [2.05, 4.69) is 69.1 Å². The molecule has 0 amide bonds. The fourth-order valence-electron chi connectivity index (χ4n) is 3.62. The first kappa shape index (κ1) is 19.5. The van der Waals surface area contributed by atoms with Gasteiger partial charge < -0.3 is 4.90 Å². The Hall–Kier alpha value is -2.78. The molecule has 1 aromatic heterocycles. The van der Waals surface area contributed by atoms with Gasteiger partial charge in [-0.15, -0.1) is 10.2 Å². The van der Waals surface area contributed by atoms with Gasteiger partial charge in [-0.2, -0.15) is 5.26 Å². The van der Waals surface area contributed by atoms with Crippen LogP contribution in [0.15, 0.2) is 59.8 Å². The van der Waals surface area contributed by atoms with Crippen molar-refractivity contribution in [2.45, 2.75) is 43.0 Å². The molecule has 2 heterocycles. The summed E-state index contributed by atoms with van der Waals surface area (Å²) in [5.41, 5.74) is 3.43. The van der Waals surface area contributed by atoms with Crippen molar-refractivity contribution >= 4 is 17.7 Å². The number of thioether (sulfide) groups is 1. The third-order valence-electron chi connectivity index (χ3n) is 5.20. The second kappa shape index (κ2) is 9.15. The van der Waals surface area contributed by atoms with E-state index in [4.69, 9.17) is 0 Å². The van der Waals surface area contributed by atoms with E-state index in [1.807, 2.05) is 18.2 Å². The minimum absolute atomic E-state index is 0.224. The van der Waals surface area contributed by atoms with E-state index in [1.54, 1.807) is 0 Å². The van der Waals surface area contributed by atoms with E-state index in [1.165, 1.54) is 36.6 Å². The molecule has 1 saturated heterocycles. The van der Waals surface area contributed by atoms with Crippen LogP contribution < -0.4 is 4.90 Å². The van der Waals surface area contributed by atoms with Gasteiger partial charge in [-0.05, 0) is 50.3 Å². The molecule has 1 unspecified atom stereocenters. The first-order valence-corrected chi connectivity index (χ1v) is 11.0. The molecule has 5 nitrogen and oxygen atoms in total. The Labute approximate surface area is 176 Å². The number of hydrogen-bond donors (Lipinski definition) is 0. The average Bonchev–Trinajstić information content (AvgIpc) is 3.19. The maximum Gasteiger partial charge on any atom is 0.232 e. The predicted molar refractivity (Wildman–Crippen MR) is 118 cm³/mol. The number of para-hydroxylation sites is 1. The van der Waals surface area contributed by atoms with Crippen molar-refractivity contribution < 1.29 is 0 Å². The van der Waals surface area contributed by atoms with E-state index in [0.29, 0.717) is 6.42 Å². The highest BCUT2D eigenvalue weighted by atomic mass is 32.2. The smallest absolute Gasteiger partial charge is 0.232 e. The molecule has 29 heavy (non-hydrogen) atoms. The van der Waals surface area contributed by atoms with E-state index in [-0.39, 0.29) is 5.25 Å². The van der Waals surface area contributed by atoms with Crippen molar-refractivity contribution in [1.29, 1.82) is 5.26 Å². The zero-order chi connectivity index (χ0) is 20.1. The van der Waals surface area contributed by atoms with Crippen LogP contribution in [-0.2, 0) is 6.42 Å². The highest BCUT2D eigenvalue weighted by Crippen LogP contribution is 2.31. The van der Waals surface area contributed by atoms with Crippen LogP contribution in [0.2, 0.25) is 0 Å². The lowest BCUT2D eigenvalue weighted by atomic mass is 10.1. The summed E-state index contributed by atoms with van der Waals surface area (Å²) >= 11 is 1.50. The summed E-state index contributed by atoms with van der Waals surface area (Å²) in [6.45, 7) is 4.08. The quantitative estimate of drug-likeness (QED) is 0.554. The van der Waals surface area contributed by atoms with Crippen molar-refractivity contribution in [2.75, 3.05) is 18.0 Å². The van der Waals surface area contributed by atoms with Gasteiger partial charge in [0, 0.05) is 13.1 Å². The number of rotatable bonds is 6. The highest BCUT2D eigenvalue weighted by molar-refractivity contribution is 8.00. The topological polar surface area (TPSA) is 57.7 Å². The van der Waals surface area contributed by atoms with Gasteiger partial charge in [-0.25, -0.2) is 0 Å². The summed E-state index contributed by atoms with van der Waals surface area (Å²) in [6, 6.07) is 21.0. The zero-order valence-electron chi connectivity index (χ0n) is 16.7. The lowest BCUT2D eigenvalue weighted by molar-refractivity contribution is 0.564. The van der Waals surface area contributed by atoms with Crippen molar-refractivity contribution in [2.24, 2.45) is 0 Å². The number of nitrogens with zero attached hydrogens (tertiary/aromatic N) is 5. The summed E-state index contributed by atoms with van der Waals surface area (Å²) in [5, 5.41) is 19.4. The number of aromatic nitrogens is 3. The molecule has 6 heteroatoms. The van der Waals surface area contributed by atoms with Crippen LogP contribution in [-0.4, -0.2) is 33.1 Å². The van der Waals surface area contributed by atoms with Crippen molar-refractivity contribution in [3.05, 3.63) is 65.7 Å². The molecule has 2 aromatic carbocycles. The molecule has 0 radical (unpaired) electrons. The molecule has 0 N–H and O–H groups in total. The second-order valence-corrected chi connectivity index (χ2v) is 8.60. The Morgan fingerprint density at radius 3 is 2.41 bits per heavy atom. The fraction of sp³-hybridized carbons (Fsp3) is 0.348. The van der Waals surface area contributed by atoms with E-state index in [9.17, 15) is 5.26 Å². The molecule has 1 atom stereocenters. The van der Waals surface area contributed by atoms with E-state index >= 15 is 0 Å². The van der Waals surface area contributed by atoms with Crippen LogP contribution in [0.5, 0.6) is 0 Å². The van der Waals surface area contributed by atoms with Gasteiger partial charge in [0.15, 0.2) is 5.16 Å². The Morgan fingerprint density at radius 1 is 1.00 bits per heavy atom. The summed E-state index contributed by atoms with van der Waals surface area (Å²) in [7, 11) is 0. The number of aryl methyl sites for hydroxylation is 1. The predicted octanol–water partition coefficient (Wildman–Crippen LogP) is 4.79. The summed E-state index contributed by atoms with van der Waals surface area (Å²) < 4.78 is 2.11. The Bertz CT molecular complexity index is 969. The maximum atomic E-state index is 9.78. The number of nitriles is 1. The van der Waals surface area contributed by atoms with Gasteiger partial charge in [0.2, 0.25) is 5.95 Å². The Morgan fingerprint density at radius 2 is 1.72 bits per heavy atom. The fourth-order valence-corrected chi connectivity index (χ4v) is 4.58. The van der Waals surface area contributed by atoms with Gasteiger partial charge in [0.1, 0.15) is 5.25 Å². The van der Waals surface area contributed by atoms with Crippen molar-refractivity contribution in [1.82, 2.24) is 14.8 Å². The SMILES string of the molecule is Cc1ccc(CC(C#N)Sc2nnc(N3CCCCC3)n2-c2ccccc2)cc1. The van der Waals surface area contributed by atoms with Gasteiger partial charge in [0.25, 0.3) is 0 Å². The van der Waals surface area contributed by atoms with Crippen molar-refractivity contribution in [3.8, 4) is 11.8 Å². The van der Waals surface area contributed by atoms with E-state index < -0.39 is 0 Å². The van der Waals surface area contributed by atoms with Gasteiger partial charge >= 0.3 is 0 Å². The summed E-state index contributed by atoms with van der Waals surface area (Å²) in [5.74, 6) is 0.880. The van der Waals surface area contributed by atoms with Gasteiger partial charge in [-0.1, -0.05) is 59.8 Å². The lowest BCUT2D eigenvalue weighted by Crippen LogP contribution is -2.31.